The Balaban J connectivity index is 0.00000168. The first kappa shape index (κ1) is 16.4. The van der Waals surface area contributed by atoms with E-state index >= 15 is 0 Å². The maximum Gasteiger partial charge on any atom is 0.181 e. The fourth-order valence-corrected chi connectivity index (χ4v) is 3.12. The molecule has 0 amide bonds. The van der Waals surface area contributed by atoms with Crippen molar-refractivity contribution in [1.29, 1.82) is 0 Å². The summed E-state index contributed by atoms with van der Waals surface area (Å²) in [4.78, 5) is 13.8. The Hall–Kier alpha value is -3.05. The number of pyridine rings is 3. The lowest BCUT2D eigenvalue weighted by atomic mass is 10.1. The summed E-state index contributed by atoms with van der Waals surface area (Å²) < 4.78 is 1.80. The van der Waals surface area contributed by atoms with Crippen LogP contribution in [0.15, 0.2) is 67.0 Å². The Morgan fingerprint density at radius 3 is 2.65 bits per heavy atom. The van der Waals surface area contributed by atoms with Crippen molar-refractivity contribution in [2.45, 2.75) is 12.8 Å². The molecule has 1 aromatic carbocycles. The molecule has 0 saturated heterocycles. The van der Waals surface area contributed by atoms with Crippen LogP contribution >= 0.6 is 12.4 Å². The summed E-state index contributed by atoms with van der Waals surface area (Å²) in [6, 6.07) is 18.3. The van der Waals surface area contributed by atoms with Gasteiger partial charge in [-0.2, -0.15) is 5.10 Å². The van der Waals surface area contributed by atoms with Crippen LogP contribution in [0.5, 0.6) is 0 Å². The van der Waals surface area contributed by atoms with E-state index in [0.717, 1.165) is 51.8 Å². The van der Waals surface area contributed by atoms with Crippen LogP contribution in [0.3, 0.4) is 0 Å². The van der Waals surface area contributed by atoms with E-state index in [1.807, 2.05) is 42.6 Å². The molecule has 0 aliphatic carbocycles. The second-order valence-electron chi connectivity index (χ2n) is 6.05. The third-order valence-corrected chi connectivity index (χ3v) is 4.38. The number of para-hydroxylation sites is 1. The van der Waals surface area contributed by atoms with Crippen molar-refractivity contribution in [3.05, 3.63) is 78.5 Å². The van der Waals surface area contributed by atoms with Crippen LogP contribution < -0.4 is 0 Å². The summed E-state index contributed by atoms with van der Waals surface area (Å²) in [5.41, 5.74) is 3.77. The number of rotatable bonds is 3. The minimum Gasteiger partial charge on any atom is -0.253 e. The molecule has 4 heterocycles. The van der Waals surface area contributed by atoms with Crippen molar-refractivity contribution < 1.29 is 0 Å². The van der Waals surface area contributed by atoms with Gasteiger partial charge in [0.25, 0.3) is 0 Å². The van der Waals surface area contributed by atoms with E-state index in [1.165, 1.54) is 0 Å². The first-order valence-corrected chi connectivity index (χ1v) is 8.30. The number of aromatic nitrogens is 5. The van der Waals surface area contributed by atoms with E-state index < -0.39 is 0 Å². The third-order valence-electron chi connectivity index (χ3n) is 4.38. The maximum atomic E-state index is 4.72. The number of benzene rings is 1. The first-order valence-electron chi connectivity index (χ1n) is 8.30. The molecule has 0 unspecified atom stereocenters. The zero-order valence-corrected chi connectivity index (χ0v) is 14.7. The van der Waals surface area contributed by atoms with E-state index in [1.54, 1.807) is 10.7 Å². The third kappa shape index (κ3) is 2.86. The number of hydrogen-bond donors (Lipinski definition) is 0. The lowest BCUT2D eigenvalue weighted by Gasteiger charge is -2.01. The van der Waals surface area contributed by atoms with E-state index in [0.29, 0.717) is 0 Å². The van der Waals surface area contributed by atoms with Crippen LogP contribution in [0.25, 0.3) is 27.5 Å². The molecule has 0 N–H and O–H groups in total. The lowest BCUT2D eigenvalue weighted by Crippen LogP contribution is -1.97. The fraction of sp³-hybridized carbons (Fsp3) is 0.100. The molecule has 0 fully saturated rings. The topological polar surface area (TPSA) is 56.0 Å². The van der Waals surface area contributed by atoms with Crippen molar-refractivity contribution in [3.63, 3.8) is 0 Å². The van der Waals surface area contributed by atoms with Crippen molar-refractivity contribution in [1.82, 2.24) is 24.6 Å². The molecule has 0 spiro atoms. The van der Waals surface area contributed by atoms with Crippen LogP contribution in [-0.4, -0.2) is 24.6 Å². The van der Waals surface area contributed by atoms with Gasteiger partial charge >= 0.3 is 0 Å². The molecule has 4 aromatic heterocycles. The maximum absolute atomic E-state index is 4.72. The normalized spacial score (nSPS) is 11.1. The van der Waals surface area contributed by atoms with Gasteiger partial charge in [-0.3, -0.25) is 9.97 Å². The largest absolute Gasteiger partial charge is 0.253 e. The molecule has 0 aliphatic heterocycles. The molecule has 0 saturated carbocycles. The summed E-state index contributed by atoms with van der Waals surface area (Å²) >= 11 is 0. The lowest BCUT2D eigenvalue weighted by molar-refractivity contribution is 0.824. The molecule has 26 heavy (non-hydrogen) atoms. The predicted octanol–water partition coefficient (Wildman–Crippen LogP) is 4.03. The van der Waals surface area contributed by atoms with Gasteiger partial charge in [0.2, 0.25) is 0 Å². The molecule has 6 heteroatoms. The van der Waals surface area contributed by atoms with E-state index in [-0.39, 0.29) is 12.4 Å². The number of halogens is 1. The summed E-state index contributed by atoms with van der Waals surface area (Å²) in [6.07, 6.45) is 5.29. The number of aryl methyl sites for hydroxylation is 2. The molecule has 128 valence electrons. The quantitative estimate of drug-likeness (QED) is 0.486. The van der Waals surface area contributed by atoms with E-state index in [2.05, 4.69) is 33.3 Å². The Bertz CT molecular complexity index is 1210. The monoisotopic (exact) mass is 361 g/mol. The second kappa shape index (κ2) is 6.69. The molecule has 5 nitrogen and oxygen atoms in total. The van der Waals surface area contributed by atoms with Crippen LogP contribution in [0.1, 0.15) is 11.5 Å². The molecular formula is C20H16ClN5. The van der Waals surface area contributed by atoms with Gasteiger partial charge < -0.3 is 0 Å². The van der Waals surface area contributed by atoms with E-state index in [4.69, 9.17) is 4.98 Å². The standard InChI is InChI=1S/C20H15N5.ClH/c1-2-6-17-14(4-1)7-8-16(22-17)9-10-18-23-20-19-15(5-3-12-21-19)11-13-25(20)24-18;/h1-8,11-13H,9-10H2;1H. The van der Waals surface area contributed by atoms with Crippen LogP contribution in [0.4, 0.5) is 0 Å². The molecule has 0 atom stereocenters. The zero-order chi connectivity index (χ0) is 16.6. The highest BCUT2D eigenvalue weighted by atomic mass is 35.5. The Labute approximate surface area is 156 Å². The van der Waals surface area contributed by atoms with Gasteiger partial charge in [0.15, 0.2) is 11.5 Å². The number of hydrogen-bond acceptors (Lipinski definition) is 4. The number of nitrogens with zero attached hydrogens (tertiary/aromatic N) is 5. The molecule has 5 aromatic rings. The molecule has 0 bridgehead atoms. The van der Waals surface area contributed by atoms with Gasteiger partial charge in [-0.15, -0.1) is 12.4 Å². The summed E-state index contributed by atoms with van der Waals surface area (Å²) in [5, 5.41) is 6.81. The highest BCUT2D eigenvalue weighted by Gasteiger charge is 2.09. The van der Waals surface area contributed by atoms with Crippen molar-refractivity contribution in [3.8, 4) is 0 Å². The Morgan fingerprint density at radius 1 is 0.808 bits per heavy atom. The predicted molar refractivity (Wildman–Crippen MR) is 105 cm³/mol. The highest BCUT2D eigenvalue weighted by Crippen LogP contribution is 2.17. The van der Waals surface area contributed by atoms with E-state index in [9.17, 15) is 0 Å². The van der Waals surface area contributed by atoms with Gasteiger partial charge in [-0.1, -0.05) is 30.3 Å². The molecule has 0 aliphatic rings. The van der Waals surface area contributed by atoms with Crippen molar-refractivity contribution >= 4 is 39.9 Å². The minimum atomic E-state index is 0. The summed E-state index contributed by atoms with van der Waals surface area (Å²) in [6.45, 7) is 0. The fourth-order valence-electron chi connectivity index (χ4n) is 3.12. The Morgan fingerprint density at radius 2 is 1.69 bits per heavy atom. The van der Waals surface area contributed by atoms with Crippen molar-refractivity contribution in [2.75, 3.05) is 0 Å². The first-order chi connectivity index (χ1) is 12.4. The van der Waals surface area contributed by atoms with Gasteiger partial charge in [-0.05, 0) is 30.7 Å². The van der Waals surface area contributed by atoms with Gasteiger partial charge in [-0.25, -0.2) is 9.50 Å². The van der Waals surface area contributed by atoms with Crippen molar-refractivity contribution in [2.24, 2.45) is 0 Å². The Kier molecular flexibility index (Phi) is 4.22. The summed E-state index contributed by atoms with van der Waals surface area (Å²) in [5.74, 6) is 0.813. The van der Waals surface area contributed by atoms with Crippen LogP contribution in [0.2, 0.25) is 0 Å². The zero-order valence-electron chi connectivity index (χ0n) is 13.9. The highest BCUT2D eigenvalue weighted by molar-refractivity contribution is 5.89. The minimum absolute atomic E-state index is 0. The molecule has 0 radical (unpaired) electrons. The summed E-state index contributed by atoms with van der Waals surface area (Å²) in [7, 11) is 0. The SMILES string of the molecule is Cl.c1ccc2nc(CCc3nc4c5ncccc5ccn4n3)ccc2c1. The average Bonchev–Trinajstić information content (AvgIpc) is 3.10. The smallest absolute Gasteiger partial charge is 0.181 e. The van der Waals surface area contributed by atoms with Crippen LogP contribution in [0, 0.1) is 0 Å². The second-order valence-corrected chi connectivity index (χ2v) is 6.05. The van der Waals surface area contributed by atoms with Gasteiger partial charge in [0, 0.05) is 35.3 Å². The average molecular weight is 362 g/mol. The molecular weight excluding hydrogens is 346 g/mol. The van der Waals surface area contributed by atoms with Crippen LogP contribution in [-0.2, 0) is 12.8 Å². The number of fused-ring (bicyclic) bond motifs is 4. The molecule has 5 rings (SSSR count). The van der Waals surface area contributed by atoms with Gasteiger partial charge in [0.05, 0.1) is 5.52 Å². The van der Waals surface area contributed by atoms with Gasteiger partial charge in [0.1, 0.15) is 5.52 Å².